The zero-order valence-electron chi connectivity index (χ0n) is 17.9. The van der Waals surface area contributed by atoms with Crippen molar-refractivity contribution in [2.45, 2.75) is 56.2 Å². The zero-order valence-corrected chi connectivity index (χ0v) is 18.7. The van der Waals surface area contributed by atoms with Crippen molar-refractivity contribution in [1.29, 1.82) is 0 Å². The molecule has 4 rings (SSSR count). The Balaban J connectivity index is 1.59. The highest BCUT2D eigenvalue weighted by Crippen LogP contribution is 2.34. The third kappa shape index (κ3) is 4.23. The molecule has 160 valence electrons. The number of benzene rings is 1. The Labute approximate surface area is 180 Å². The first-order chi connectivity index (χ1) is 14.4. The van der Waals surface area contributed by atoms with Crippen LogP contribution >= 0.6 is 0 Å². The molecule has 1 atom stereocenters. The maximum atomic E-state index is 13.5. The van der Waals surface area contributed by atoms with Crippen molar-refractivity contribution in [3.63, 3.8) is 0 Å². The van der Waals surface area contributed by atoms with Crippen molar-refractivity contribution in [2.75, 3.05) is 14.2 Å². The molecule has 2 heterocycles. The smallest absolute Gasteiger partial charge is 0.161 e. The van der Waals surface area contributed by atoms with Crippen LogP contribution in [0.25, 0.3) is 6.08 Å². The summed E-state index contributed by atoms with van der Waals surface area (Å²) in [5, 5.41) is 0. The van der Waals surface area contributed by atoms with E-state index in [1.165, 1.54) is 0 Å². The highest BCUT2D eigenvalue weighted by atomic mass is 32.2. The van der Waals surface area contributed by atoms with E-state index >= 15 is 0 Å². The lowest BCUT2D eigenvalue weighted by Crippen LogP contribution is -2.41. The van der Waals surface area contributed by atoms with Crippen molar-refractivity contribution < 1.29 is 18.4 Å². The first-order valence-electron chi connectivity index (χ1n) is 10.2. The molecule has 0 spiro atoms. The van der Waals surface area contributed by atoms with Gasteiger partial charge in [-0.05, 0) is 63.1 Å². The average Bonchev–Trinajstić information content (AvgIpc) is 2.70. The van der Waals surface area contributed by atoms with Crippen LogP contribution in [0, 0.1) is 0 Å². The Morgan fingerprint density at radius 3 is 2.60 bits per heavy atom. The van der Waals surface area contributed by atoms with Crippen LogP contribution in [0.2, 0.25) is 0 Å². The van der Waals surface area contributed by atoms with Gasteiger partial charge in [-0.1, -0.05) is 6.42 Å². The molecule has 1 saturated carbocycles. The predicted octanol–water partition coefficient (Wildman–Crippen LogP) is 4.36. The molecular weight excluding hydrogens is 400 g/mol. The molecule has 2 aliphatic rings. The molecule has 1 fully saturated rings. The number of pyridine rings is 1. The number of aromatic nitrogens is 1. The second kappa shape index (κ2) is 8.40. The Kier molecular flexibility index (Phi) is 5.84. The summed E-state index contributed by atoms with van der Waals surface area (Å²) in [4.78, 5) is 5.46. The Morgan fingerprint density at radius 1 is 1.17 bits per heavy atom. The summed E-state index contributed by atoms with van der Waals surface area (Å²) >= 11 is 0. The maximum Gasteiger partial charge on any atom is 0.161 e. The normalized spacial score (nSPS) is 18.3. The van der Waals surface area contributed by atoms with Crippen molar-refractivity contribution in [3.8, 4) is 17.2 Å². The van der Waals surface area contributed by atoms with Gasteiger partial charge in [-0.25, -0.2) is 13.5 Å². The maximum absolute atomic E-state index is 13.5. The van der Waals surface area contributed by atoms with E-state index in [0.29, 0.717) is 22.9 Å². The van der Waals surface area contributed by atoms with Crippen LogP contribution in [0.15, 0.2) is 41.3 Å². The largest absolute Gasteiger partial charge is 0.493 e. The highest BCUT2D eigenvalue weighted by Gasteiger charge is 2.31. The van der Waals surface area contributed by atoms with Gasteiger partial charge in [0.05, 0.1) is 31.4 Å². The Morgan fingerprint density at radius 2 is 1.93 bits per heavy atom. The second-order valence-electron chi connectivity index (χ2n) is 8.15. The van der Waals surface area contributed by atoms with Crippen molar-refractivity contribution in [2.24, 2.45) is 0 Å². The molecule has 1 aromatic carbocycles. The molecule has 7 heteroatoms. The number of nitrogens with zero attached hydrogens (tertiary/aromatic N) is 2. The number of ether oxygens (including phenoxy) is 3. The van der Waals surface area contributed by atoms with E-state index in [0.717, 1.165) is 36.4 Å². The molecule has 0 N–H and O–H groups in total. The fourth-order valence-corrected chi connectivity index (χ4v) is 5.01. The molecule has 0 bridgehead atoms. The van der Waals surface area contributed by atoms with E-state index in [-0.39, 0.29) is 11.6 Å². The minimum Gasteiger partial charge on any atom is -0.493 e. The van der Waals surface area contributed by atoms with Gasteiger partial charge < -0.3 is 14.2 Å². The Hall–Kier alpha value is -2.38. The van der Waals surface area contributed by atoms with E-state index in [4.69, 9.17) is 19.2 Å². The SMILES string of the molecule is COc1ccc(S(=O)N(Cc2ccc3c(n2)C=CC(C)(C)O3)C2CCC2)cc1OC. The van der Waals surface area contributed by atoms with Crippen LogP contribution in [0.1, 0.15) is 44.5 Å². The van der Waals surface area contributed by atoms with E-state index in [9.17, 15) is 4.21 Å². The van der Waals surface area contributed by atoms with Crippen molar-refractivity contribution >= 4 is 17.1 Å². The minimum atomic E-state index is -1.33. The van der Waals surface area contributed by atoms with Crippen LogP contribution in [-0.2, 0) is 17.5 Å². The highest BCUT2D eigenvalue weighted by molar-refractivity contribution is 7.82. The van der Waals surface area contributed by atoms with Gasteiger partial charge in [-0.3, -0.25) is 0 Å². The zero-order chi connectivity index (χ0) is 21.3. The van der Waals surface area contributed by atoms with Crippen LogP contribution < -0.4 is 14.2 Å². The van der Waals surface area contributed by atoms with Gasteiger partial charge >= 0.3 is 0 Å². The fraction of sp³-hybridized carbons (Fsp3) is 0.435. The summed E-state index contributed by atoms with van der Waals surface area (Å²) in [6.45, 7) is 4.55. The quantitative estimate of drug-likeness (QED) is 0.656. The number of hydrogen-bond donors (Lipinski definition) is 0. The van der Waals surface area contributed by atoms with Gasteiger partial charge in [-0.15, -0.1) is 0 Å². The molecule has 1 aliphatic carbocycles. The number of rotatable bonds is 7. The lowest BCUT2D eigenvalue weighted by Gasteiger charge is -2.36. The van der Waals surface area contributed by atoms with E-state index < -0.39 is 11.0 Å². The summed E-state index contributed by atoms with van der Waals surface area (Å²) < 4.78 is 32.2. The van der Waals surface area contributed by atoms with E-state index in [1.54, 1.807) is 26.4 Å². The molecule has 0 saturated heterocycles. The topological polar surface area (TPSA) is 60.9 Å². The van der Waals surface area contributed by atoms with Crippen LogP contribution in [0.5, 0.6) is 17.2 Å². The van der Waals surface area contributed by atoms with E-state index in [1.807, 2.05) is 48.5 Å². The first-order valence-corrected chi connectivity index (χ1v) is 11.3. The number of hydrogen-bond acceptors (Lipinski definition) is 5. The summed E-state index contributed by atoms with van der Waals surface area (Å²) in [5.74, 6) is 1.98. The van der Waals surface area contributed by atoms with Gasteiger partial charge in [-0.2, -0.15) is 0 Å². The lowest BCUT2D eigenvalue weighted by molar-refractivity contribution is 0.158. The van der Waals surface area contributed by atoms with Crippen molar-refractivity contribution in [1.82, 2.24) is 9.29 Å². The Bertz CT molecular complexity index is 985. The minimum absolute atomic E-state index is 0.280. The summed E-state index contributed by atoms with van der Waals surface area (Å²) in [6, 6.07) is 9.63. The van der Waals surface area contributed by atoms with Gasteiger partial charge in [0.15, 0.2) is 11.5 Å². The van der Waals surface area contributed by atoms with Crippen molar-refractivity contribution in [3.05, 3.63) is 47.8 Å². The molecular formula is C23H28N2O4S. The molecule has 2 aromatic rings. The summed E-state index contributed by atoms with van der Waals surface area (Å²) in [6.07, 6.45) is 7.26. The molecule has 30 heavy (non-hydrogen) atoms. The van der Waals surface area contributed by atoms with E-state index in [2.05, 4.69) is 0 Å². The molecule has 1 unspecified atom stereocenters. The second-order valence-corrected chi connectivity index (χ2v) is 9.59. The molecule has 0 amide bonds. The van der Waals surface area contributed by atoms with Gasteiger partial charge in [0, 0.05) is 12.1 Å². The molecule has 0 radical (unpaired) electrons. The number of fused-ring (bicyclic) bond motifs is 1. The average molecular weight is 429 g/mol. The third-order valence-electron chi connectivity index (χ3n) is 5.53. The molecule has 1 aromatic heterocycles. The van der Waals surface area contributed by atoms with Crippen LogP contribution in [0.3, 0.4) is 0 Å². The monoisotopic (exact) mass is 428 g/mol. The molecule has 6 nitrogen and oxygen atoms in total. The third-order valence-corrected chi connectivity index (χ3v) is 7.04. The standard InChI is InChI=1S/C23H28N2O4S/c1-23(2)13-12-19-20(29-23)10-8-16(24-19)15-25(17-6-5-7-17)30(26)18-9-11-21(27-3)22(14-18)28-4/h8-14,17H,5-7,15H2,1-4H3. The van der Waals surface area contributed by atoms with Gasteiger partial charge in [0.1, 0.15) is 28.0 Å². The summed E-state index contributed by atoms with van der Waals surface area (Å²) in [5.41, 5.74) is 1.36. The van der Waals surface area contributed by atoms with Crippen LogP contribution in [0.4, 0.5) is 0 Å². The fourth-order valence-electron chi connectivity index (χ4n) is 3.61. The lowest BCUT2D eigenvalue weighted by atomic mass is 9.93. The van der Waals surface area contributed by atoms with Gasteiger partial charge in [0.2, 0.25) is 0 Å². The van der Waals surface area contributed by atoms with Crippen LogP contribution in [-0.4, -0.2) is 39.4 Å². The summed E-state index contributed by atoms with van der Waals surface area (Å²) in [7, 11) is 1.85. The predicted molar refractivity (Wildman–Crippen MR) is 117 cm³/mol. The first kappa shape index (κ1) is 20.9. The number of methoxy groups -OCH3 is 2. The molecule has 1 aliphatic heterocycles. The van der Waals surface area contributed by atoms with Gasteiger partial charge in [0.25, 0.3) is 0 Å².